The van der Waals surface area contributed by atoms with E-state index in [4.69, 9.17) is 0 Å². The lowest BCUT2D eigenvalue weighted by molar-refractivity contribution is -0.384. The molecule has 2 fully saturated rings. The average Bonchev–Trinajstić information content (AvgIpc) is 2.71. The Labute approximate surface area is 179 Å². The average molecular weight is 425 g/mol. The molecule has 29 heavy (non-hydrogen) atoms. The summed E-state index contributed by atoms with van der Waals surface area (Å²) in [5.41, 5.74) is 1.11. The van der Waals surface area contributed by atoms with Crippen LogP contribution in [0.1, 0.15) is 49.4 Å². The SMILES string of the molecule is CNCCC1CCN(C(=O)c2ccc(N3CCCC(C)C3)c([N+](=O)[O-])c2)CC1.Cl. The number of nitro groups is 1. The molecule has 0 aromatic heterocycles. The third-order valence-corrected chi connectivity index (χ3v) is 6.12. The molecule has 2 saturated heterocycles. The normalized spacial score (nSPS) is 20.3. The first-order valence-corrected chi connectivity index (χ1v) is 10.5. The number of anilines is 1. The van der Waals surface area contributed by atoms with Gasteiger partial charge in [-0.2, -0.15) is 0 Å². The molecule has 162 valence electrons. The fourth-order valence-corrected chi connectivity index (χ4v) is 4.43. The number of halogens is 1. The zero-order valence-electron chi connectivity index (χ0n) is 17.4. The smallest absolute Gasteiger partial charge is 0.293 e. The number of amides is 1. The molecule has 1 aromatic rings. The largest absolute Gasteiger partial charge is 0.366 e. The molecule has 8 heteroatoms. The van der Waals surface area contributed by atoms with Crippen molar-refractivity contribution in [3.8, 4) is 0 Å². The molecule has 0 bridgehead atoms. The number of nitro benzene ring substituents is 1. The van der Waals surface area contributed by atoms with E-state index in [0.717, 1.165) is 64.8 Å². The van der Waals surface area contributed by atoms with E-state index in [1.165, 1.54) is 6.07 Å². The zero-order chi connectivity index (χ0) is 20.1. The highest BCUT2D eigenvalue weighted by Crippen LogP contribution is 2.33. The van der Waals surface area contributed by atoms with E-state index < -0.39 is 0 Å². The molecule has 1 aromatic carbocycles. The van der Waals surface area contributed by atoms with Crippen molar-refractivity contribution in [3.63, 3.8) is 0 Å². The van der Waals surface area contributed by atoms with Crippen molar-refractivity contribution in [2.45, 2.75) is 39.0 Å². The Kier molecular flexibility index (Phi) is 8.71. The lowest BCUT2D eigenvalue weighted by atomic mass is 9.93. The molecule has 7 nitrogen and oxygen atoms in total. The molecule has 2 heterocycles. The predicted octanol–water partition coefficient (Wildman–Crippen LogP) is 3.71. The van der Waals surface area contributed by atoms with Crippen LogP contribution in [-0.4, -0.2) is 55.5 Å². The summed E-state index contributed by atoms with van der Waals surface area (Å²) in [7, 11) is 1.96. The van der Waals surface area contributed by atoms with Crippen LogP contribution in [0, 0.1) is 22.0 Å². The number of carbonyl (C=O) groups is 1. The molecule has 2 aliphatic rings. The summed E-state index contributed by atoms with van der Waals surface area (Å²) in [4.78, 5) is 28.2. The van der Waals surface area contributed by atoms with Crippen LogP contribution in [0.25, 0.3) is 0 Å². The highest BCUT2D eigenvalue weighted by Gasteiger charge is 2.28. The van der Waals surface area contributed by atoms with Crippen LogP contribution in [0.3, 0.4) is 0 Å². The first-order chi connectivity index (χ1) is 13.5. The molecule has 0 radical (unpaired) electrons. The van der Waals surface area contributed by atoms with Gasteiger partial charge in [0.15, 0.2) is 0 Å². The minimum Gasteiger partial charge on any atom is -0.366 e. The van der Waals surface area contributed by atoms with Gasteiger partial charge in [-0.05, 0) is 69.7 Å². The fourth-order valence-electron chi connectivity index (χ4n) is 4.43. The number of hydrogen-bond donors (Lipinski definition) is 1. The van der Waals surface area contributed by atoms with Crippen molar-refractivity contribution in [1.82, 2.24) is 10.2 Å². The number of benzene rings is 1. The van der Waals surface area contributed by atoms with Crippen LogP contribution < -0.4 is 10.2 Å². The second-order valence-corrected chi connectivity index (χ2v) is 8.28. The van der Waals surface area contributed by atoms with E-state index in [1.807, 2.05) is 11.9 Å². The van der Waals surface area contributed by atoms with Gasteiger partial charge in [-0.3, -0.25) is 14.9 Å². The Morgan fingerprint density at radius 1 is 1.24 bits per heavy atom. The molecule has 0 saturated carbocycles. The minimum absolute atomic E-state index is 0. The number of carbonyl (C=O) groups excluding carboxylic acids is 1. The summed E-state index contributed by atoms with van der Waals surface area (Å²) in [5, 5.41) is 14.9. The van der Waals surface area contributed by atoms with Crippen LogP contribution in [0.2, 0.25) is 0 Å². The summed E-state index contributed by atoms with van der Waals surface area (Å²) in [6, 6.07) is 5.00. The second-order valence-electron chi connectivity index (χ2n) is 8.28. The summed E-state index contributed by atoms with van der Waals surface area (Å²) in [5.74, 6) is 1.09. The highest BCUT2D eigenvalue weighted by molar-refractivity contribution is 5.96. The van der Waals surface area contributed by atoms with E-state index in [1.54, 1.807) is 12.1 Å². The molecule has 1 amide bonds. The topological polar surface area (TPSA) is 78.7 Å². The van der Waals surface area contributed by atoms with Gasteiger partial charge >= 0.3 is 0 Å². The van der Waals surface area contributed by atoms with Gasteiger partial charge in [-0.15, -0.1) is 12.4 Å². The number of nitrogens with zero attached hydrogens (tertiary/aromatic N) is 3. The first-order valence-electron chi connectivity index (χ1n) is 10.5. The van der Waals surface area contributed by atoms with E-state index in [2.05, 4.69) is 17.1 Å². The van der Waals surface area contributed by atoms with Crippen molar-refractivity contribution in [1.29, 1.82) is 0 Å². The van der Waals surface area contributed by atoms with Gasteiger partial charge in [0.05, 0.1) is 4.92 Å². The second kappa shape index (κ2) is 10.8. The van der Waals surface area contributed by atoms with Crippen LogP contribution in [0.4, 0.5) is 11.4 Å². The Morgan fingerprint density at radius 3 is 2.59 bits per heavy atom. The van der Waals surface area contributed by atoms with Crippen molar-refractivity contribution in [3.05, 3.63) is 33.9 Å². The predicted molar refractivity (Wildman–Crippen MR) is 118 cm³/mol. The van der Waals surface area contributed by atoms with Gasteiger partial charge in [0, 0.05) is 37.8 Å². The number of nitrogens with one attached hydrogen (secondary N) is 1. The van der Waals surface area contributed by atoms with Gasteiger partial charge < -0.3 is 15.1 Å². The summed E-state index contributed by atoms with van der Waals surface area (Å²) >= 11 is 0. The van der Waals surface area contributed by atoms with Crippen molar-refractivity contribution in [2.75, 3.05) is 44.7 Å². The molecule has 3 rings (SSSR count). The Balaban J connectivity index is 0.00000300. The molecule has 0 aliphatic carbocycles. The van der Waals surface area contributed by atoms with Crippen LogP contribution in [-0.2, 0) is 0 Å². The maximum Gasteiger partial charge on any atom is 0.293 e. The highest BCUT2D eigenvalue weighted by atomic mass is 35.5. The molecular weight excluding hydrogens is 392 g/mol. The summed E-state index contributed by atoms with van der Waals surface area (Å²) in [6.45, 7) is 6.29. The van der Waals surface area contributed by atoms with Crippen molar-refractivity contribution < 1.29 is 9.72 Å². The van der Waals surface area contributed by atoms with Gasteiger partial charge in [0.1, 0.15) is 5.69 Å². The van der Waals surface area contributed by atoms with Gasteiger partial charge in [-0.25, -0.2) is 0 Å². The number of rotatable bonds is 6. The number of likely N-dealkylation sites (tertiary alicyclic amines) is 1. The maximum atomic E-state index is 12.9. The Hall–Kier alpha value is -1.86. The lowest BCUT2D eigenvalue weighted by Gasteiger charge is -2.33. The van der Waals surface area contributed by atoms with Crippen LogP contribution in [0.15, 0.2) is 18.2 Å². The first kappa shape index (κ1) is 23.4. The molecule has 2 aliphatic heterocycles. The summed E-state index contributed by atoms with van der Waals surface area (Å²) in [6.07, 6.45) is 5.33. The van der Waals surface area contributed by atoms with Crippen molar-refractivity contribution >= 4 is 29.7 Å². The van der Waals surface area contributed by atoms with Crippen molar-refractivity contribution in [2.24, 2.45) is 11.8 Å². The maximum absolute atomic E-state index is 12.9. The van der Waals surface area contributed by atoms with E-state index in [9.17, 15) is 14.9 Å². The fraction of sp³-hybridized carbons (Fsp3) is 0.667. The molecule has 1 N–H and O–H groups in total. The van der Waals surface area contributed by atoms with E-state index >= 15 is 0 Å². The lowest BCUT2D eigenvalue weighted by Crippen LogP contribution is -2.39. The monoisotopic (exact) mass is 424 g/mol. The van der Waals surface area contributed by atoms with Crippen LogP contribution in [0.5, 0.6) is 0 Å². The standard InChI is InChI=1S/C21H32N4O3.ClH/c1-16-4-3-11-24(15-16)19-6-5-18(14-20(19)25(27)28)21(26)23-12-8-17(9-13-23)7-10-22-2;/h5-6,14,16-17,22H,3-4,7-13,15H2,1-2H3;1H. The van der Waals surface area contributed by atoms with Gasteiger partial charge in [0.25, 0.3) is 11.6 Å². The van der Waals surface area contributed by atoms with Crippen LogP contribution >= 0.6 is 12.4 Å². The zero-order valence-corrected chi connectivity index (χ0v) is 18.2. The van der Waals surface area contributed by atoms with Gasteiger partial charge in [0.2, 0.25) is 0 Å². The molecule has 0 spiro atoms. The van der Waals surface area contributed by atoms with E-state index in [0.29, 0.717) is 23.1 Å². The molecule has 1 unspecified atom stereocenters. The third kappa shape index (κ3) is 5.82. The molecular formula is C21H33ClN4O3. The van der Waals surface area contributed by atoms with E-state index in [-0.39, 0.29) is 28.9 Å². The number of hydrogen-bond acceptors (Lipinski definition) is 5. The minimum atomic E-state index is -0.352. The quantitative estimate of drug-likeness (QED) is 0.556. The molecule has 1 atom stereocenters. The summed E-state index contributed by atoms with van der Waals surface area (Å²) < 4.78 is 0. The third-order valence-electron chi connectivity index (χ3n) is 6.12. The Morgan fingerprint density at radius 2 is 1.97 bits per heavy atom. The number of piperidine rings is 2. The Bertz CT molecular complexity index is 707. The van der Waals surface area contributed by atoms with Gasteiger partial charge in [-0.1, -0.05) is 6.92 Å².